The second-order valence-electron chi connectivity index (χ2n) is 3.18. The van der Waals surface area contributed by atoms with Crippen LogP contribution in [0.25, 0.3) is 0 Å². The number of aryl methyl sites for hydroxylation is 1. The predicted octanol–water partition coefficient (Wildman–Crippen LogP) is 2.99. The summed E-state index contributed by atoms with van der Waals surface area (Å²) in [6.45, 7) is 3.65. The molecule has 3 heteroatoms. The highest BCUT2D eigenvalue weighted by atomic mass is 79.9. The number of aliphatic hydroxyl groups excluding tert-OH is 1. The van der Waals surface area contributed by atoms with E-state index in [2.05, 4.69) is 15.9 Å². The second kappa shape index (κ2) is 4.20. The maximum atomic E-state index is 13.3. The molecule has 0 radical (unpaired) electrons. The van der Waals surface area contributed by atoms with Crippen molar-refractivity contribution >= 4 is 15.9 Å². The molecule has 1 rings (SSSR count). The number of aliphatic hydroxyl groups is 1. The Morgan fingerprint density at radius 1 is 1.54 bits per heavy atom. The number of rotatable bonds is 2. The smallest absolute Gasteiger partial charge is 0.127 e. The van der Waals surface area contributed by atoms with Crippen molar-refractivity contribution in [2.45, 2.75) is 19.8 Å². The molecule has 0 aliphatic carbocycles. The largest absolute Gasteiger partial charge is 0.396 e. The molecule has 0 bridgehead atoms. The van der Waals surface area contributed by atoms with Crippen molar-refractivity contribution in [3.8, 4) is 0 Å². The fourth-order valence-corrected chi connectivity index (χ4v) is 1.93. The molecule has 0 saturated heterocycles. The van der Waals surface area contributed by atoms with Gasteiger partial charge in [-0.2, -0.15) is 0 Å². The first-order valence-electron chi connectivity index (χ1n) is 4.13. The van der Waals surface area contributed by atoms with Crippen molar-refractivity contribution in [1.82, 2.24) is 0 Å². The molecule has 0 heterocycles. The third kappa shape index (κ3) is 2.09. The zero-order chi connectivity index (χ0) is 10.0. The van der Waals surface area contributed by atoms with Crippen LogP contribution in [0.2, 0.25) is 0 Å². The molecule has 0 aliphatic heterocycles. The minimum Gasteiger partial charge on any atom is -0.396 e. The highest BCUT2D eigenvalue weighted by Gasteiger charge is 2.14. The molecule has 0 aliphatic rings. The van der Waals surface area contributed by atoms with E-state index in [1.165, 1.54) is 6.07 Å². The van der Waals surface area contributed by atoms with Crippen LogP contribution in [0.15, 0.2) is 16.6 Å². The van der Waals surface area contributed by atoms with Gasteiger partial charge in [-0.05, 0) is 18.6 Å². The van der Waals surface area contributed by atoms with E-state index < -0.39 is 0 Å². The number of benzene rings is 1. The minimum atomic E-state index is -0.265. The lowest BCUT2D eigenvalue weighted by atomic mass is 9.99. The van der Waals surface area contributed by atoms with Gasteiger partial charge in [0.1, 0.15) is 5.82 Å². The Balaban J connectivity index is 3.25. The summed E-state index contributed by atoms with van der Waals surface area (Å²) < 4.78 is 14.1. The van der Waals surface area contributed by atoms with Crippen LogP contribution in [0.3, 0.4) is 0 Å². The van der Waals surface area contributed by atoms with E-state index in [1.807, 2.05) is 6.92 Å². The van der Waals surface area contributed by atoms with E-state index >= 15 is 0 Å². The molecule has 1 aromatic rings. The van der Waals surface area contributed by atoms with Crippen LogP contribution >= 0.6 is 15.9 Å². The van der Waals surface area contributed by atoms with Gasteiger partial charge in [0.2, 0.25) is 0 Å². The molecule has 1 nitrogen and oxygen atoms in total. The van der Waals surface area contributed by atoms with Gasteiger partial charge in [0.25, 0.3) is 0 Å². The van der Waals surface area contributed by atoms with Crippen molar-refractivity contribution in [3.63, 3.8) is 0 Å². The first-order chi connectivity index (χ1) is 6.07. The van der Waals surface area contributed by atoms with Gasteiger partial charge in [-0.1, -0.05) is 28.9 Å². The van der Waals surface area contributed by atoms with Gasteiger partial charge >= 0.3 is 0 Å². The Morgan fingerprint density at radius 2 is 2.15 bits per heavy atom. The molecule has 1 unspecified atom stereocenters. The van der Waals surface area contributed by atoms with Crippen molar-refractivity contribution < 1.29 is 9.50 Å². The van der Waals surface area contributed by atoms with E-state index in [0.717, 1.165) is 10.0 Å². The van der Waals surface area contributed by atoms with Crippen molar-refractivity contribution in [2.24, 2.45) is 0 Å². The Bertz CT molecular complexity index is 312. The lowest BCUT2D eigenvalue weighted by Gasteiger charge is -2.13. The Hall–Kier alpha value is -0.410. The summed E-state index contributed by atoms with van der Waals surface area (Å²) in [6, 6.07) is 3.15. The van der Waals surface area contributed by atoms with Crippen LogP contribution in [0, 0.1) is 12.7 Å². The quantitative estimate of drug-likeness (QED) is 0.851. The van der Waals surface area contributed by atoms with E-state index in [0.29, 0.717) is 5.56 Å². The molecule has 1 N–H and O–H groups in total. The molecule has 13 heavy (non-hydrogen) atoms. The lowest BCUT2D eigenvalue weighted by molar-refractivity contribution is 0.270. The van der Waals surface area contributed by atoms with Crippen LogP contribution in [0.5, 0.6) is 0 Å². The summed E-state index contributed by atoms with van der Waals surface area (Å²) in [5, 5.41) is 8.94. The van der Waals surface area contributed by atoms with E-state index in [-0.39, 0.29) is 18.3 Å². The summed E-state index contributed by atoms with van der Waals surface area (Å²) >= 11 is 3.32. The summed E-state index contributed by atoms with van der Waals surface area (Å²) in [4.78, 5) is 0. The molecule has 72 valence electrons. The average Bonchev–Trinajstić information content (AvgIpc) is 2.12. The Morgan fingerprint density at radius 3 is 2.69 bits per heavy atom. The SMILES string of the molecule is Cc1ccc(F)c(C(C)CO)c1Br. The number of halogens is 2. The topological polar surface area (TPSA) is 20.2 Å². The molecule has 0 aromatic heterocycles. The zero-order valence-electron chi connectivity index (χ0n) is 7.64. The molecule has 0 amide bonds. The maximum absolute atomic E-state index is 13.3. The average molecular weight is 247 g/mol. The lowest BCUT2D eigenvalue weighted by Crippen LogP contribution is -2.04. The molecule has 0 fully saturated rings. The summed E-state index contributed by atoms with van der Waals surface area (Å²) in [6.07, 6.45) is 0. The first-order valence-corrected chi connectivity index (χ1v) is 4.92. The monoisotopic (exact) mass is 246 g/mol. The number of hydrogen-bond acceptors (Lipinski definition) is 1. The molecule has 0 saturated carbocycles. The van der Waals surface area contributed by atoms with Crippen molar-refractivity contribution in [1.29, 1.82) is 0 Å². The molecular formula is C10H12BrFO. The first kappa shape index (κ1) is 10.7. The van der Waals surface area contributed by atoms with Crippen LogP contribution in [-0.2, 0) is 0 Å². The van der Waals surface area contributed by atoms with Gasteiger partial charge in [-0.3, -0.25) is 0 Å². The molecular weight excluding hydrogens is 235 g/mol. The molecule has 1 atom stereocenters. The van der Waals surface area contributed by atoms with Crippen LogP contribution in [0.4, 0.5) is 4.39 Å². The number of hydrogen-bond donors (Lipinski definition) is 1. The van der Waals surface area contributed by atoms with Gasteiger partial charge < -0.3 is 5.11 Å². The summed E-state index contributed by atoms with van der Waals surface area (Å²) in [7, 11) is 0. The maximum Gasteiger partial charge on any atom is 0.127 e. The van der Waals surface area contributed by atoms with Crippen molar-refractivity contribution in [2.75, 3.05) is 6.61 Å². The van der Waals surface area contributed by atoms with E-state index in [4.69, 9.17) is 5.11 Å². The standard InChI is InChI=1S/C10H12BrFO/c1-6-3-4-8(12)9(10(6)11)7(2)5-13/h3-4,7,13H,5H2,1-2H3. The third-order valence-electron chi connectivity index (χ3n) is 2.09. The normalized spacial score (nSPS) is 13.0. The summed E-state index contributed by atoms with van der Waals surface area (Å²) in [5.74, 6) is -0.437. The van der Waals surface area contributed by atoms with Crippen LogP contribution in [0.1, 0.15) is 24.0 Å². The van der Waals surface area contributed by atoms with E-state index in [1.54, 1.807) is 13.0 Å². The highest BCUT2D eigenvalue weighted by Crippen LogP contribution is 2.29. The van der Waals surface area contributed by atoms with Gasteiger partial charge in [0, 0.05) is 22.6 Å². The molecule has 0 spiro atoms. The van der Waals surface area contributed by atoms with Gasteiger partial charge in [0.05, 0.1) is 0 Å². The minimum absolute atomic E-state index is 0.0427. The fourth-order valence-electron chi connectivity index (χ4n) is 1.22. The van der Waals surface area contributed by atoms with E-state index in [9.17, 15) is 4.39 Å². The highest BCUT2D eigenvalue weighted by molar-refractivity contribution is 9.10. The summed E-state index contributed by atoms with van der Waals surface area (Å²) in [5.41, 5.74) is 1.54. The van der Waals surface area contributed by atoms with Gasteiger partial charge in [0.15, 0.2) is 0 Å². The van der Waals surface area contributed by atoms with Crippen LogP contribution < -0.4 is 0 Å². The molecule has 1 aromatic carbocycles. The van der Waals surface area contributed by atoms with Gasteiger partial charge in [-0.25, -0.2) is 4.39 Å². The Kier molecular flexibility index (Phi) is 3.45. The third-order valence-corrected chi connectivity index (χ3v) is 3.14. The Labute approximate surface area is 85.7 Å². The van der Waals surface area contributed by atoms with Gasteiger partial charge in [-0.15, -0.1) is 0 Å². The fraction of sp³-hybridized carbons (Fsp3) is 0.400. The van der Waals surface area contributed by atoms with Crippen LogP contribution in [-0.4, -0.2) is 11.7 Å². The predicted molar refractivity (Wildman–Crippen MR) is 54.3 cm³/mol. The van der Waals surface area contributed by atoms with Crippen molar-refractivity contribution in [3.05, 3.63) is 33.5 Å². The zero-order valence-corrected chi connectivity index (χ0v) is 9.23. The second-order valence-corrected chi connectivity index (χ2v) is 3.97.